The molecule has 0 spiro atoms. The summed E-state index contributed by atoms with van der Waals surface area (Å²) in [5.74, 6) is 0.869. The molecule has 0 aliphatic carbocycles. The fourth-order valence-electron chi connectivity index (χ4n) is 2.72. The zero-order valence-electron chi connectivity index (χ0n) is 12.4. The number of aromatic nitrogens is 4. The second-order valence-corrected chi connectivity index (χ2v) is 6.45. The highest BCUT2D eigenvalue weighted by molar-refractivity contribution is 7.17. The predicted octanol–water partition coefficient (Wildman–Crippen LogP) is 1.86. The van der Waals surface area contributed by atoms with Gasteiger partial charge in [-0.15, -0.1) is 21.5 Å². The van der Waals surface area contributed by atoms with Gasteiger partial charge in [-0.05, 0) is 36.6 Å². The lowest BCUT2D eigenvalue weighted by Crippen LogP contribution is -2.42. The van der Waals surface area contributed by atoms with Crippen LogP contribution in [-0.2, 0) is 4.74 Å². The lowest BCUT2D eigenvalue weighted by Gasteiger charge is -2.30. The quantitative estimate of drug-likeness (QED) is 0.877. The average Bonchev–Trinajstić information content (AvgIpc) is 3.23. The maximum absolute atomic E-state index is 12.4. The Morgan fingerprint density at radius 1 is 1.59 bits per heavy atom. The van der Waals surface area contributed by atoms with Gasteiger partial charge in [-0.3, -0.25) is 4.79 Å². The van der Waals surface area contributed by atoms with Crippen LogP contribution in [0.4, 0.5) is 0 Å². The molecule has 2 aromatic rings. The molecule has 1 fully saturated rings. The number of ether oxygens (including phenoxy) is 1. The van der Waals surface area contributed by atoms with Crippen LogP contribution in [0.1, 0.15) is 35.9 Å². The summed E-state index contributed by atoms with van der Waals surface area (Å²) >= 11 is 1.37. The summed E-state index contributed by atoms with van der Waals surface area (Å²) in [5, 5.41) is 16.9. The van der Waals surface area contributed by atoms with Crippen molar-refractivity contribution in [2.75, 3.05) is 13.2 Å². The first kappa shape index (κ1) is 15.1. The Morgan fingerprint density at radius 2 is 2.50 bits per heavy atom. The van der Waals surface area contributed by atoms with Crippen molar-refractivity contribution in [3.05, 3.63) is 17.0 Å². The number of hydrogen-bond acceptors (Lipinski definition) is 6. The lowest BCUT2D eigenvalue weighted by atomic mass is 9.92. The highest BCUT2D eigenvalue weighted by atomic mass is 32.1. The number of tetrazole rings is 1. The fourth-order valence-corrected chi connectivity index (χ4v) is 3.56. The molecule has 2 unspecified atom stereocenters. The Hall–Kier alpha value is -1.80. The van der Waals surface area contributed by atoms with Gasteiger partial charge in [0.05, 0.1) is 16.4 Å². The zero-order chi connectivity index (χ0) is 15.4. The third-order valence-corrected chi connectivity index (χ3v) is 5.00. The van der Waals surface area contributed by atoms with Crippen LogP contribution in [0.25, 0.3) is 10.7 Å². The molecule has 3 heterocycles. The van der Waals surface area contributed by atoms with Crippen molar-refractivity contribution in [2.45, 2.75) is 32.2 Å². The fraction of sp³-hybridized carbons (Fsp3) is 0.571. The Balaban J connectivity index is 1.65. The van der Waals surface area contributed by atoms with Gasteiger partial charge in [0.1, 0.15) is 0 Å². The standard InChI is InChI=1S/C14H19N5O2S/c1-2-10(9-4-3-7-21-8-9)15-14(20)12-6-5-11(22-12)13-16-18-19-17-13/h5-6,9-10H,2-4,7-8H2,1H3,(H,15,20)(H,16,17,18,19). The molecular weight excluding hydrogens is 302 g/mol. The molecule has 7 nitrogen and oxygen atoms in total. The number of thiophene rings is 1. The predicted molar refractivity (Wildman–Crippen MR) is 82.6 cm³/mol. The number of H-pyrrole nitrogens is 1. The molecule has 118 valence electrons. The molecule has 2 N–H and O–H groups in total. The summed E-state index contributed by atoms with van der Waals surface area (Å²) in [5.41, 5.74) is 0. The van der Waals surface area contributed by atoms with Gasteiger partial charge in [0.2, 0.25) is 5.82 Å². The lowest BCUT2D eigenvalue weighted by molar-refractivity contribution is 0.0377. The molecule has 22 heavy (non-hydrogen) atoms. The molecule has 0 aromatic carbocycles. The molecule has 1 amide bonds. The first-order valence-electron chi connectivity index (χ1n) is 7.50. The van der Waals surface area contributed by atoms with E-state index >= 15 is 0 Å². The van der Waals surface area contributed by atoms with Crippen molar-refractivity contribution in [3.63, 3.8) is 0 Å². The summed E-state index contributed by atoms with van der Waals surface area (Å²) in [6.07, 6.45) is 3.08. The molecule has 0 bridgehead atoms. The number of hydrogen-bond donors (Lipinski definition) is 2. The van der Waals surface area contributed by atoms with Crippen LogP contribution in [-0.4, -0.2) is 45.8 Å². The molecule has 2 aromatic heterocycles. The summed E-state index contributed by atoms with van der Waals surface area (Å²) in [4.78, 5) is 13.9. The summed E-state index contributed by atoms with van der Waals surface area (Å²) < 4.78 is 5.53. The van der Waals surface area contributed by atoms with E-state index in [1.165, 1.54) is 11.3 Å². The molecule has 1 aliphatic heterocycles. The molecule has 1 aliphatic rings. The van der Waals surface area contributed by atoms with Gasteiger partial charge in [-0.1, -0.05) is 6.92 Å². The Labute approximate surface area is 132 Å². The number of amides is 1. The molecule has 0 radical (unpaired) electrons. The Bertz CT molecular complexity index is 607. The summed E-state index contributed by atoms with van der Waals surface area (Å²) in [6, 6.07) is 3.80. The highest BCUT2D eigenvalue weighted by Crippen LogP contribution is 2.25. The monoisotopic (exact) mass is 321 g/mol. The van der Waals surface area contributed by atoms with Gasteiger partial charge in [0.25, 0.3) is 5.91 Å². The van der Waals surface area contributed by atoms with Gasteiger partial charge in [0, 0.05) is 18.6 Å². The maximum Gasteiger partial charge on any atom is 0.261 e. The van der Waals surface area contributed by atoms with Gasteiger partial charge in [-0.2, -0.15) is 5.21 Å². The number of nitrogens with zero attached hydrogens (tertiary/aromatic N) is 3. The minimum Gasteiger partial charge on any atom is -0.381 e. The zero-order valence-corrected chi connectivity index (χ0v) is 13.2. The molecule has 2 atom stereocenters. The summed E-state index contributed by atoms with van der Waals surface area (Å²) in [6.45, 7) is 3.66. The Kier molecular flexibility index (Phi) is 4.79. The van der Waals surface area contributed by atoms with Crippen LogP contribution in [0.15, 0.2) is 12.1 Å². The smallest absolute Gasteiger partial charge is 0.261 e. The number of aromatic amines is 1. The third-order valence-electron chi connectivity index (χ3n) is 3.92. The summed E-state index contributed by atoms with van der Waals surface area (Å²) in [7, 11) is 0. The van der Waals surface area contributed by atoms with Crippen LogP contribution in [0.2, 0.25) is 0 Å². The van der Waals surface area contributed by atoms with E-state index in [0.29, 0.717) is 16.6 Å². The number of nitrogens with one attached hydrogen (secondary N) is 2. The maximum atomic E-state index is 12.4. The van der Waals surface area contributed by atoms with Crippen molar-refractivity contribution in [3.8, 4) is 10.7 Å². The van der Waals surface area contributed by atoms with E-state index in [-0.39, 0.29) is 11.9 Å². The Morgan fingerprint density at radius 3 is 3.18 bits per heavy atom. The van der Waals surface area contributed by atoms with E-state index in [0.717, 1.165) is 37.4 Å². The normalized spacial score (nSPS) is 19.8. The molecular formula is C14H19N5O2S. The van der Waals surface area contributed by atoms with E-state index < -0.39 is 0 Å². The number of carbonyl (C=O) groups excluding carboxylic acids is 1. The number of carbonyl (C=O) groups is 1. The first-order chi connectivity index (χ1) is 10.8. The van der Waals surface area contributed by atoms with Crippen molar-refractivity contribution in [1.29, 1.82) is 0 Å². The second-order valence-electron chi connectivity index (χ2n) is 5.36. The molecule has 3 rings (SSSR count). The largest absolute Gasteiger partial charge is 0.381 e. The molecule has 1 saturated heterocycles. The van der Waals surface area contributed by atoms with E-state index in [1.54, 1.807) is 6.07 Å². The average molecular weight is 321 g/mol. The SMILES string of the molecule is CCC(NC(=O)c1ccc(-c2nn[nH]n2)s1)C1CCCOC1. The van der Waals surface area contributed by atoms with Crippen LogP contribution < -0.4 is 5.32 Å². The molecule has 8 heteroatoms. The van der Waals surface area contributed by atoms with E-state index in [9.17, 15) is 4.79 Å². The van der Waals surface area contributed by atoms with Gasteiger partial charge in [-0.25, -0.2) is 0 Å². The van der Waals surface area contributed by atoms with Crippen LogP contribution >= 0.6 is 11.3 Å². The minimum atomic E-state index is -0.0443. The van der Waals surface area contributed by atoms with Crippen LogP contribution in [0.3, 0.4) is 0 Å². The van der Waals surface area contributed by atoms with Crippen molar-refractivity contribution >= 4 is 17.2 Å². The van der Waals surface area contributed by atoms with E-state index in [4.69, 9.17) is 4.74 Å². The van der Waals surface area contributed by atoms with Gasteiger partial charge >= 0.3 is 0 Å². The van der Waals surface area contributed by atoms with E-state index in [1.807, 2.05) is 6.07 Å². The molecule has 0 saturated carbocycles. The van der Waals surface area contributed by atoms with Crippen LogP contribution in [0.5, 0.6) is 0 Å². The van der Waals surface area contributed by atoms with Crippen molar-refractivity contribution < 1.29 is 9.53 Å². The van der Waals surface area contributed by atoms with Crippen molar-refractivity contribution in [1.82, 2.24) is 25.9 Å². The van der Waals surface area contributed by atoms with Crippen molar-refractivity contribution in [2.24, 2.45) is 5.92 Å². The second kappa shape index (κ2) is 6.97. The highest BCUT2D eigenvalue weighted by Gasteiger charge is 2.25. The van der Waals surface area contributed by atoms with E-state index in [2.05, 4.69) is 32.9 Å². The van der Waals surface area contributed by atoms with Crippen LogP contribution in [0, 0.1) is 5.92 Å². The topological polar surface area (TPSA) is 92.8 Å². The third kappa shape index (κ3) is 3.33. The number of rotatable bonds is 5. The van der Waals surface area contributed by atoms with Gasteiger partial charge < -0.3 is 10.1 Å². The van der Waals surface area contributed by atoms with Gasteiger partial charge in [0.15, 0.2) is 0 Å². The minimum absolute atomic E-state index is 0.0443. The first-order valence-corrected chi connectivity index (χ1v) is 8.32.